The normalized spacial score (nSPS) is 18.3. The summed E-state index contributed by atoms with van der Waals surface area (Å²) in [5.74, 6) is 0.361. The van der Waals surface area contributed by atoms with Crippen molar-refractivity contribution in [2.75, 3.05) is 5.32 Å². The summed E-state index contributed by atoms with van der Waals surface area (Å²) in [6.45, 7) is 2.39. The predicted molar refractivity (Wildman–Crippen MR) is 106 cm³/mol. The maximum atomic E-state index is 12.5. The fourth-order valence-corrected chi connectivity index (χ4v) is 3.39. The van der Waals surface area contributed by atoms with E-state index in [4.69, 9.17) is 0 Å². The van der Waals surface area contributed by atoms with Gasteiger partial charge in [0.2, 0.25) is 5.91 Å². The minimum atomic E-state index is -0.205. The van der Waals surface area contributed by atoms with Gasteiger partial charge in [-0.2, -0.15) is 0 Å². The Balaban J connectivity index is 1.40. The molecule has 7 heteroatoms. The average molecular weight is 427 g/mol. The molecule has 2 aromatic heterocycles. The molecule has 0 saturated heterocycles. The predicted octanol–water partition coefficient (Wildman–Crippen LogP) is 3.62. The van der Waals surface area contributed by atoms with Crippen LogP contribution < -0.4 is 10.6 Å². The van der Waals surface area contributed by atoms with Gasteiger partial charge in [-0.25, -0.2) is 4.98 Å². The number of halogens is 1. The molecule has 2 atom stereocenters. The van der Waals surface area contributed by atoms with Gasteiger partial charge in [-0.3, -0.25) is 9.59 Å². The second kappa shape index (κ2) is 7.15. The third-order valence-corrected chi connectivity index (χ3v) is 5.20. The molecule has 2 unspecified atom stereocenters. The summed E-state index contributed by atoms with van der Waals surface area (Å²) in [6.07, 6.45) is 4.73. The van der Waals surface area contributed by atoms with Crippen molar-refractivity contribution in [3.63, 3.8) is 0 Å². The summed E-state index contributed by atoms with van der Waals surface area (Å²) in [6, 6.07) is 10.8. The Morgan fingerprint density at radius 3 is 2.85 bits per heavy atom. The third kappa shape index (κ3) is 4.03. The van der Waals surface area contributed by atoms with Gasteiger partial charge in [-0.05, 0) is 58.6 Å². The van der Waals surface area contributed by atoms with E-state index in [1.165, 1.54) is 0 Å². The highest BCUT2D eigenvalue weighted by Gasteiger charge is 2.39. The molecule has 2 heterocycles. The molecule has 27 heavy (non-hydrogen) atoms. The van der Waals surface area contributed by atoms with E-state index in [-0.39, 0.29) is 17.7 Å². The van der Waals surface area contributed by atoms with Crippen molar-refractivity contribution in [3.8, 4) is 0 Å². The molecular formula is C20H19BrN4O2. The molecule has 1 aromatic carbocycles. The quantitative estimate of drug-likeness (QED) is 0.653. The molecule has 1 aliphatic rings. The van der Waals surface area contributed by atoms with Crippen molar-refractivity contribution < 1.29 is 9.59 Å². The van der Waals surface area contributed by atoms with Gasteiger partial charge >= 0.3 is 0 Å². The van der Waals surface area contributed by atoms with Crippen molar-refractivity contribution in [1.29, 1.82) is 0 Å². The average Bonchev–Trinajstić information content (AvgIpc) is 3.25. The number of hydrogen-bond acceptors (Lipinski definition) is 3. The SMILES string of the molecule is CC1CC1C(=O)Nc1cccc(C(=O)NCc2cn3cc(Br)ccc3n2)c1. The lowest BCUT2D eigenvalue weighted by molar-refractivity contribution is -0.117. The summed E-state index contributed by atoms with van der Waals surface area (Å²) < 4.78 is 2.86. The van der Waals surface area contributed by atoms with Crippen LogP contribution in [0.3, 0.4) is 0 Å². The molecule has 2 N–H and O–H groups in total. The van der Waals surface area contributed by atoms with E-state index < -0.39 is 0 Å². The second-order valence-corrected chi connectivity index (χ2v) is 7.83. The number of carbonyl (C=O) groups is 2. The van der Waals surface area contributed by atoms with E-state index in [0.29, 0.717) is 23.7 Å². The van der Waals surface area contributed by atoms with Gasteiger partial charge in [0, 0.05) is 34.0 Å². The first kappa shape index (κ1) is 17.7. The van der Waals surface area contributed by atoms with Crippen LogP contribution in [0.25, 0.3) is 5.65 Å². The molecule has 0 aliphatic heterocycles. The molecule has 1 aliphatic carbocycles. The van der Waals surface area contributed by atoms with Crippen molar-refractivity contribution in [1.82, 2.24) is 14.7 Å². The fraction of sp³-hybridized carbons (Fsp3) is 0.250. The number of hydrogen-bond donors (Lipinski definition) is 2. The van der Waals surface area contributed by atoms with Crippen LogP contribution in [-0.2, 0) is 11.3 Å². The van der Waals surface area contributed by atoms with Crippen LogP contribution in [0, 0.1) is 11.8 Å². The van der Waals surface area contributed by atoms with Gasteiger partial charge in [0.1, 0.15) is 5.65 Å². The zero-order valence-corrected chi connectivity index (χ0v) is 16.4. The molecule has 0 radical (unpaired) electrons. The molecule has 4 rings (SSSR count). The molecule has 1 fully saturated rings. The highest BCUT2D eigenvalue weighted by molar-refractivity contribution is 9.10. The summed E-state index contributed by atoms with van der Waals surface area (Å²) in [5.41, 5.74) is 2.74. The smallest absolute Gasteiger partial charge is 0.251 e. The maximum absolute atomic E-state index is 12.5. The zero-order valence-electron chi connectivity index (χ0n) is 14.8. The van der Waals surface area contributed by atoms with Gasteiger partial charge in [-0.1, -0.05) is 13.0 Å². The van der Waals surface area contributed by atoms with Crippen LogP contribution in [0.1, 0.15) is 29.4 Å². The largest absolute Gasteiger partial charge is 0.346 e. The van der Waals surface area contributed by atoms with E-state index in [1.807, 2.05) is 28.9 Å². The van der Waals surface area contributed by atoms with E-state index in [9.17, 15) is 9.59 Å². The molecular weight excluding hydrogens is 408 g/mol. The first-order chi connectivity index (χ1) is 13.0. The topological polar surface area (TPSA) is 75.5 Å². The lowest BCUT2D eigenvalue weighted by Gasteiger charge is -2.07. The number of rotatable bonds is 5. The number of aromatic nitrogens is 2. The molecule has 3 aromatic rings. The Hall–Kier alpha value is -2.67. The Bertz CT molecular complexity index is 1030. The molecule has 2 amide bonds. The highest BCUT2D eigenvalue weighted by atomic mass is 79.9. The number of nitrogens with zero attached hydrogens (tertiary/aromatic N) is 2. The Morgan fingerprint density at radius 1 is 1.26 bits per heavy atom. The van der Waals surface area contributed by atoms with Crippen LogP contribution >= 0.6 is 15.9 Å². The molecule has 1 saturated carbocycles. The monoisotopic (exact) mass is 426 g/mol. The minimum Gasteiger partial charge on any atom is -0.346 e. The number of anilines is 1. The first-order valence-electron chi connectivity index (χ1n) is 8.82. The van der Waals surface area contributed by atoms with E-state index >= 15 is 0 Å². The lowest BCUT2D eigenvalue weighted by Crippen LogP contribution is -2.23. The minimum absolute atomic E-state index is 0.0240. The maximum Gasteiger partial charge on any atom is 0.251 e. The second-order valence-electron chi connectivity index (χ2n) is 6.92. The van der Waals surface area contributed by atoms with E-state index in [1.54, 1.807) is 24.3 Å². The van der Waals surface area contributed by atoms with Crippen LogP contribution in [0.15, 0.2) is 53.3 Å². The number of benzene rings is 1. The van der Waals surface area contributed by atoms with Crippen molar-refractivity contribution in [2.45, 2.75) is 19.9 Å². The summed E-state index contributed by atoms with van der Waals surface area (Å²) >= 11 is 3.43. The van der Waals surface area contributed by atoms with E-state index in [0.717, 1.165) is 22.2 Å². The third-order valence-electron chi connectivity index (χ3n) is 4.73. The van der Waals surface area contributed by atoms with Crippen molar-refractivity contribution in [2.24, 2.45) is 11.8 Å². The number of pyridine rings is 1. The van der Waals surface area contributed by atoms with Gasteiger partial charge < -0.3 is 15.0 Å². The first-order valence-corrected chi connectivity index (χ1v) is 9.61. The summed E-state index contributed by atoms with van der Waals surface area (Å²) in [5, 5.41) is 5.76. The summed E-state index contributed by atoms with van der Waals surface area (Å²) in [7, 11) is 0. The fourth-order valence-electron chi connectivity index (χ4n) is 3.04. The van der Waals surface area contributed by atoms with Crippen LogP contribution in [0.4, 0.5) is 5.69 Å². The van der Waals surface area contributed by atoms with Gasteiger partial charge in [0.15, 0.2) is 0 Å². The van der Waals surface area contributed by atoms with Crippen molar-refractivity contribution in [3.05, 3.63) is 64.5 Å². The molecule has 138 valence electrons. The summed E-state index contributed by atoms with van der Waals surface area (Å²) in [4.78, 5) is 29.0. The Kier molecular flexibility index (Phi) is 4.70. The number of carbonyl (C=O) groups excluding carboxylic acids is 2. The Labute approximate surface area is 165 Å². The highest BCUT2D eigenvalue weighted by Crippen LogP contribution is 2.38. The number of nitrogens with one attached hydrogen (secondary N) is 2. The lowest BCUT2D eigenvalue weighted by atomic mass is 10.2. The van der Waals surface area contributed by atoms with Crippen molar-refractivity contribution >= 4 is 39.1 Å². The molecule has 0 spiro atoms. The number of fused-ring (bicyclic) bond motifs is 1. The van der Waals surface area contributed by atoms with Crippen LogP contribution in [-0.4, -0.2) is 21.2 Å². The van der Waals surface area contributed by atoms with Gasteiger partial charge in [0.25, 0.3) is 5.91 Å². The van der Waals surface area contributed by atoms with Gasteiger partial charge in [0.05, 0.1) is 12.2 Å². The standard InChI is InChI=1S/C20H19BrN4O2/c1-12-7-17(12)20(27)24-15-4-2-3-13(8-15)19(26)22-9-16-11-25-10-14(21)5-6-18(25)23-16/h2-6,8,10-12,17H,7,9H2,1H3,(H,22,26)(H,24,27). The number of amides is 2. The zero-order chi connectivity index (χ0) is 19.0. The van der Waals surface area contributed by atoms with Gasteiger partial charge in [-0.15, -0.1) is 0 Å². The molecule has 6 nitrogen and oxygen atoms in total. The van der Waals surface area contributed by atoms with E-state index in [2.05, 4.69) is 38.5 Å². The van der Waals surface area contributed by atoms with Crippen LogP contribution in [0.2, 0.25) is 0 Å². The number of imidazole rings is 1. The Morgan fingerprint density at radius 2 is 2.07 bits per heavy atom. The van der Waals surface area contributed by atoms with Crippen LogP contribution in [0.5, 0.6) is 0 Å². The molecule has 0 bridgehead atoms.